The summed E-state index contributed by atoms with van der Waals surface area (Å²) < 4.78 is 6.46. The highest BCUT2D eigenvalue weighted by Gasteiger charge is 2.35. The molecule has 0 fully saturated rings. The fourth-order valence-electron chi connectivity index (χ4n) is 3.69. The molecule has 1 aliphatic rings. The van der Waals surface area contributed by atoms with E-state index in [2.05, 4.69) is 15.9 Å². The summed E-state index contributed by atoms with van der Waals surface area (Å²) in [6.45, 7) is 0.207. The number of rotatable bonds is 3. The molecule has 6 heteroatoms. The van der Waals surface area contributed by atoms with Crippen LogP contribution in [0.15, 0.2) is 71.2 Å². The lowest BCUT2D eigenvalue weighted by molar-refractivity contribution is 0.143. The van der Waals surface area contributed by atoms with Crippen LogP contribution < -0.4 is 4.90 Å². The largest absolute Gasteiger partial charge is 0.444 e. The first-order valence-electron chi connectivity index (χ1n) is 9.26. The molecule has 1 amide bonds. The van der Waals surface area contributed by atoms with Gasteiger partial charge in [-0.2, -0.15) is 0 Å². The van der Waals surface area contributed by atoms with Crippen LogP contribution in [0.3, 0.4) is 0 Å². The molecule has 1 unspecified atom stereocenters. The number of hydrogen-bond donors (Lipinski definition) is 0. The second kappa shape index (κ2) is 8.78. The minimum Gasteiger partial charge on any atom is -0.444 e. The van der Waals surface area contributed by atoms with Crippen LogP contribution in [0.5, 0.6) is 0 Å². The number of fused-ring (bicyclic) bond motifs is 1. The number of ether oxygens (including phenoxy) is 1. The lowest BCUT2D eigenvalue weighted by atomic mass is 9.91. The number of hydrogen-bond acceptors (Lipinski definition) is 2. The first-order valence-corrected chi connectivity index (χ1v) is 10.8. The molecule has 1 heterocycles. The van der Waals surface area contributed by atoms with E-state index in [0.29, 0.717) is 10.0 Å². The van der Waals surface area contributed by atoms with Gasteiger partial charge < -0.3 is 4.74 Å². The molecule has 0 radical (unpaired) electrons. The monoisotopic (exact) mass is 489 g/mol. The van der Waals surface area contributed by atoms with E-state index in [4.69, 9.17) is 27.9 Å². The van der Waals surface area contributed by atoms with Crippen LogP contribution >= 0.6 is 39.1 Å². The summed E-state index contributed by atoms with van der Waals surface area (Å²) in [5, 5.41) is 1.27. The summed E-state index contributed by atoms with van der Waals surface area (Å²) in [7, 11) is 0. The van der Waals surface area contributed by atoms with Crippen LogP contribution in [-0.2, 0) is 17.8 Å². The van der Waals surface area contributed by atoms with Crippen LogP contribution in [0.25, 0.3) is 0 Å². The molecule has 0 saturated carbocycles. The predicted molar refractivity (Wildman–Crippen MR) is 121 cm³/mol. The topological polar surface area (TPSA) is 29.5 Å². The summed E-state index contributed by atoms with van der Waals surface area (Å²) >= 11 is 16.1. The minimum atomic E-state index is -0.400. The summed E-state index contributed by atoms with van der Waals surface area (Å²) in [6.07, 6.45) is 1.15. The Hall–Kier alpha value is -2.01. The number of carbonyl (C=O) groups excluding carboxylic acids is 1. The van der Waals surface area contributed by atoms with Crippen molar-refractivity contribution in [3.05, 3.63) is 97.9 Å². The number of aryl methyl sites for hydroxylation is 1. The van der Waals surface area contributed by atoms with Crippen molar-refractivity contribution in [2.45, 2.75) is 25.5 Å². The molecule has 0 aliphatic carbocycles. The Balaban J connectivity index is 1.71. The van der Waals surface area contributed by atoms with Crippen LogP contribution in [0.2, 0.25) is 10.0 Å². The Morgan fingerprint density at radius 3 is 2.59 bits per heavy atom. The maximum atomic E-state index is 13.3. The van der Waals surface area contributed by atoms with Gasteiger partial charge in [0.25, 0.3) is 0 Å². The quantitative estimate of drug-likeness (QED) is 0.378. The van der Waals surface area contributed by atoms with Gasteiger partial charge in [0, 0.05) is 14.5 Å². The van der Waals surface area contributed by atoms with Crippen molar-refractivity contribution in [3.63, 3.8) is 0 Å². The molecule has 0 bridgehead atoms. The third-order valence-corrected chi connectivity index (χ3v) is 6.04. The van der Waals surface area contributed by atoms with E-state index < -0.39 is 6.09 Å². The van der Waals surface area contributed by atoms with E-state index in [1.165, 1.54) is 0 Å². The van der Waals surface area contributed by atoms with Gasteiger partial charge in [0.05, 0.1) is 11.7 Å². The lowest BCUT2D eigenvalue weighted by Crippen LogP contribution is -2.39. The zero-order valence-electron chi connectivity index (χ0n) is 15.4. The van der Waals surface area contributed by atoms with Crippen molar-refractivity contribution in [2.24, 2.45) is 0 Å². The molecule has 1 aliphatic heterocycles. The summed E-state index contributed by atoms with van der Waals surface area (Å²) in [6, 6.07) is 20.8. The lowest BCUT2D eigenvalue weighted by Gasteiger charge is -2.37. The van der Waals surface area contributed by atoms with Crippen LogP contribution in [0.1, 0.15) is 29.2 Å². The fraction of sp³-hybridized carbons (Fsp3) is 0.174. The van der Waals surface area contributed by atoms with Crippen molar-refractivity contribution in [3.8, 4) is 0 Å². The minimum absolute atomic E-state index is 0.179. The van der Waals surface area contributed by atoms with E-state index in [9.17, 15) is 4.79 Å². The molecule has 0 saturated heterocycles. The van der Waals surface area contributed by atoms with Gasteiger partial charge in [0.2, 0.25) is 0 Å². The van der Waals surface area contributed by atoms with Crippen molar-refractivity contribution >= 4 is 50.9 Å². The molecule has 3 aromatic carbocycles. The average molecular weight is 491 g/mol. The van der Waals surface area contributed by atoms with Gasteiger partial charge in [-0.1, -0.05) is 65.7 Å². The van der Waals surface area contributed by atoms with Crippen molar-refractivity contribution in [2.75, 3.05) is 4.90 Å². The van der Waals surface area contributed by atoms with Gasteiger partial charge in [0.15, 0.2) is 0 Å². The van der Waals surface area contributed by atoms with E-state index in [0.717, 1.165) is 39.7 Å². The normalized spacial score (nSPS) is 15.7. The highest BCUT2D eigenvalue weighted by molar-refractivity contribution is 9.10. The van der Waals surface area contributed by atoms with Crippen LogP contribution in [-0.4, -0.2) is 6.09 Å². The van der Waals surface area contributed by atoms with Gasteiger partial charge in [0.1, 0.15) is 6.61 Å². The number of anilines is 1. The van der Waals surface area contributed by atoms with Gasteiger partial charge in [-0.15, -0.1) is 0 Å². The number of halogens is 3. The van der Waals surface area contributed by atoms with E-state index in [1.54, 1.807) is 11.0 Å². The molecule has 1 atom stereocenters. The molecular formula is C23H18BrCl2NO2. The average Bonchev–Trinajstić information content (AvgIpc) is 2.72. The van der Waals surface area contributed by atoms with Crippen molar-refractivity contribution in [1.82, 2.24) is 0 Å². The van der Waals surface area contributed by atoms with Crippen LogP contribution in [0, 0.1) is 0 Å². The molecule has 0 N–H and O–H groups in total. The Kier molecular flexibility index (Phi) is 6.14. The Bertz CT molecular complexity index is 1040. The third kappa shape index (κ3) is 4.45. The van der Waals surface area contributed by atoms with Crippen LogP contribution in [0.4, 0.5) is 10.5 Å². The molecule has 4 rings (SSSR count). The molecule has 0 aromatic heterocycles. The highest BCUT2D eigenvalue weighted by atomic mass is 79.9. The van der Waals surface area contributed by atoms with E-state index in [1.807, 2.05) is 60.7 Å². The third-order valence-electron chi connectivity index (χ3n) is 4.98. The van der Waals surface area contributed by atoms with E-state index >= 15 is 0 Å². The number of carbonyl (C=O) groups is 1. The Morgan fingerprint density at radius 1 is 1.03 bits per heavy atom. The number of nitrogens with zero attached hydrogens (tertiary/aromatic N) is 1. The van der Waals surface area contributed by atoms with Gasteiger partial charge in [-0.25, -0.2) is 4.79 Å². The summed E-state index contributed by atoms with van der Waals surface area (Å²) in [5.41, 5.74) is 3.72. The first-order chi connectivity index (χ1) is 14.0. The molecule has 3 nitrogen and oxygen atoms in total. The molecule has 29 heavy (non-hydrogen) atoms. The Morgan fingerprint density at radius 2 is 1.83 bits per heavy atom. The smallest absolute Gasteiger partial charge is 0.415 e. The van der Waals surface area contributed by atoms with Crippen molar-refractivity contribution in [1.29, 1.82) is 0 Å². The molecular weight excluding hydrogens is 473 g/mol. The maximum Gasteiger partial charge on any atom is 0.415 e. The predicted octanol–water partition coefficient (Wildman–Crippen LogP) is 7.59. The SMILES string of the molecule is O=C(OCc1ccccc1)N1c2c(Br)cc(Cl)cc2CCC1c1cccc(Cl)c1. The number of amides is 1. The van der Waals surface area contributed by atoms with E-state index in [-0.39, 0.29) is 12.6 Å². The van der Waals surface area contributed by atoms with Crippen molar-refractivity contribution < 1.29 is 9.53 Å². The van der Waals surface area contributed by atoms with Gasteiger partial charge >= 0.3 is 6.09 Å². The maximum absolute atomic E-state index is 13.3. The highest BCUT2D eigenvalue weighted by Crippen LogP contribution is 2.44. The van der Waals surface area contributed by atoms with Gasteiger partial charge in [-0.05, 0) is 69.7 Å². The van der Waals surface area contributed by atoms with Gasteiger partial charge in [-0.3, -0.25) is 4.90 Å². The second-order valence-corrected chi connectivity index (χ2v) is 8.64. The molecule has 0 spiro atoms. The second-order valence-electron chi connectivity index (χ2n) is 6.92. The standard InChI is InChI=1S/C23H18BrCl2NO2/c24-20-13-19(26)12-17-9-10-21(16-7-4-8-18(25)11-16)27(22(17)20)23(28)29-14-15-5-2-1-3-6-15/h1-8,11-13,21H,9-10,14H2. The summed E-state index contributed by atoms with van der Waals surface area (Å²) in [4.78, 5) is 15.0. The summed E-state index contributed by atoms with van der Waals surface area (Å²) in [5.74, 6) is 0. The fourth-order valence-corrected chi connectivity index (χ4v) is 4.96. The molecule has 3 aromatic rings. The Labute approximate surface area is 188 Å². The zero-order chi connectivity index (χ0) is 20.4. The number of benzene rings is 3. The zero-order valence-corrected chi connectivity index (χ0v) is 18.5. The first kappa shape index (κ1) is 20.3. The molecule has 148 valence electrons.